The van der Waals surface area contributed by atoms with Crippen LogP contribution in [0.3, 0.4) is 0 Å². The highest BCUT2D eigenvalue weighted by Crippen LogP contribution is 2.21. The second-order valence-corrected chi connectivity index (χ2v) is 4.74. The van der Waals surface area contributed by atoms with Crippen LogP contribution < -0.4 is 10.5 Å². The molecule has 0 fully saturated rings. The van der Waals surface area contributed by atoms with Crippen LogP contribution >= 0.6 is 0 Å². The number of H-pyrrole nitrogens is 1. The first kappa shape index (κ1) is 13.1. The summed E-state index contributed by atoms with van der Waals surface area (Å²) in [5.41, 5.74) is 1.88. The summed E-state index contributed by atoms with van der Waals surface area (Å²) in [6.45, 7) is 1.72. The number of hydrogen-bond acceptors (Lipinski definition) is 4. The number of carbonyl (C=O) groups excluding carboxylic acids is 1. The zero-order valence-corrected chi connectivity index (χ0v) is 11.6. The van der Waals surface area contributed by atoms with Crippen molar-refractivity contribution in [1.29, 1.82) is 0 Å². The van der Waals surface area contributed by atoms with Crippen molar-refractivity contribution in [3.63, 3.8) is 0 Å². The monoisotopic (exact) mass is 283 g/mol. The molecule has 0 radical (unpaired) electrons. The quantitative estimate of drug-likeness (QED) is 0.781. The van der Waals surface area contributed by atoms with Crippen LogP contribution in [0, 0.1) is 6.92 Å². The fraction of sp³-hybridized carbons (Fsp3) is 0.133. The molecule has 2 heterocycles. The molecule has 0 bridgehead atoms. The molecule has 3 aromatic rings. The van der Waals surface area contributed by atoms with Gasteiger partial charge in [-0.25, -0.2) is 0 Å². The Labute approximate surface area is 120 Å². The predicted molar refractivity (Wildman–Crippen MR) is 78.5 cm³/mol. The molecule has 0 saturated carbocycles. The van der Waals surface area contributed by atoms with E-state index in [4.69, 9.17) is 4.42 Å². The largest absolute Gasteiger partial charge is 0.423 e. The highest BCUT2D eigenvalue weighted by molar-refractivity contribution is 6.04. The zero-order valence-electron chi connectivity index (χ0n) is 11.6. The lowest BCUT2D eigenvalue weighted by atomic mass is 10.2. The number of oxazole rings is 1. The molecule has 1 amide bonds. The number of benzene rings is 1. The number of aromatic nitrogens is 2. The van der Waals surface area contributed by atoms with E-state index in [1.54, 1.807) is 32.2 Å². The molecule has 0 aliphatic carbocycles. The Morgan fingerprint density at radius 3 is 2.76 bits per heavy atom. The lowest BCUT2D eigenvalue weighted by Crippen LogP contribution is -2.27. The molecule has 106 valence electrons. The number of pyridine rings is 1. The van der Waals surface area contributed by atoms with E-state index < -0.39 is 0 Å². The number of hydrogen-bond donors (Lipinski definition) is 1. The number of fused-ring (bicyclic) bond motifs is 1. The van der Waals surface area contributed by atoms with E-state index in [1.807, 2.05) is 12.1 Å². The minimum Gasteiger partial charge on any atom is -0.423 e. The summed E-state index contributed by atoms with van der Waals surface area (Å²) in [6.07, 6.45) is 0. The second kappa shape index (κ2) is 4.90. The van der Waals surface area contributed by atoms with E-state index in [1.165, 1.54) is 11.0 Å². The van der Waals surface area contributed by atoms with E-state index in [2.05, 4.69) is 9.97 Å². The Balaban J connectivity index is 1.98. The molecule has 2 aromatic heterocycles. The summed E-state index contributed by atoms with van der Waals surface area (Å²) in [5.74, 6) is -0.351. The van der Waals surface area contributed by atoms with Gasteiger partial charge in [0.1, 0.15) is 5.52 Å². The summed E-state index contributed by atoms with van der Waals surface area (Å²) in [6, 6.07) is 10.3. The molecule has 0 aliphatic rings. The smallest absolute Gasteiger partial charge is 0.305 e. The number of aryl methyl sites for hydroxylation is 1. The number of aromatic amines is 1. The van der Waals surface area contributed by atoms with Crippen LogP contribution in [-0.4, -0.2) is 22.9 Å². The van der Waals surface area contributed by atoms with Crippen LogP contribution in [0.1, 0.15) is 16.1 Å². The number of anilines is 1. The van der Waals surface area contributed by atoms with Crippen molar-refractivity contribution in [2.75, 3.05) is 11.9 Å². The number of para-hydroxylation sites is 2. The number of nitrogens with zero attached hydrogens (tertiary/aromatic N) is 2. The average Bonchev–Trinajstić information content (AvgIpc) is 2.88. The summed E-state index contributed by atoms with van der Waals surface area (Å²) in [4.78, 5) is 32.0. The van der Waals surface area contributed by atoms with Crippen molar-refractivity contribution < 1.29 is 9.21 Å². The third-order valence-electron chi connectivity index (χ3n) is 3.10. The molecule has 0 aliphatic heterocycles. The molecule has 0 spiro atoms. The Kier molecular flexibility index (Phi) is 3.06. The van der Waals surface area contributed by atoms with Gasteiger partial charge in [-0.15, -0.1) is 0 Å². The maximum Gasteiger partial charge on any atom is 0.305 e. The SMILES string of the molecule is Cc1cc(C(=O)N(C)c2nc3ccccc3o2)cc(=O)[nH]1. The molecule has 3 rings (SSSR count). The Bertz CT molecular complexity index is 846. The third-order valence-corrected chi connectivity index (χ3v) is 3.10. The summed E-state index contributed by atoms with van der Waals surface area (Å²) >= 11 is 0. The van der Waals surface area contributed by atoms with E-state index in [0.717, 1.165) is 0 Å². The van der Waals surface area contributed by atoms with Crippen molar-refractivity contribution in [3.8, 4) is 0 Å². The maximum absolute atomic E-state index is 12.4. The fourth-order valence-electron chi connectivity index (χ4n) is 2.09. The Morgan fingerprint density at radius 1 is 1.29 bits per heavy atom. The van der Waals surface area contributed by atoms with Crippen molar-refractivity contribution in [1.82, 2.24) is 9.97 Å². The van der Waals surface area contributed by atoms with Crippen molar-refractivity contribution in [3.05, 3.63) is 58.0 Å². The van der Waals surface area contributed by atoms with Gasteiger partial charge in [0.2, 0.25) is 5.56 Å². The topological polar surface area (TPSA) is 79.2 Å². The van der Waals surface area contributed by atoms with Gasteiger partial charge in [0.05, 0.1) is 0 Å². The summed E-state index contributed by atoms with van der Waals surface area (Å²) < 4.78 is 5.54. The molecule has 1 aromatic carbocycles. The van der Waals surface area contributed by atoms with Crippen molar-refractivity contribution in [2.45, 2.75) is 6.92 Å². The standard InChI is InChI=1S/C15H13N3O3/c1-9-7-10(8-13(19)16-9)14(20)18(2)15-17-11-5-3-4-6-12(11)21-15/h3-8H,1-2H3,(H,16,19). The average molecular weight is 283 g/mol. The number of nitrogens with one attached hydrogen (secondary N) is 1. The lowest BCUT2D eigenvalue weighted by molar-refractivity contribution is 0.0988. The van der Waals surface area contributed by atoms with E-state index >= 15 is 0 Å². The molecule has 1 N–H and O–H groups in total. The minimum absolute atomic E-state index is 0.194. The van der Waals surface area contributed by atoms with Crippen LogP contribution in [0.25, 0.3) is 11.1 Å². The van der Waals surface area contributed by atoms with Gasteiger partial charge in [-0.3, -0.25) is 14.5 Å². The highest BCUT2D eigenvalue weighted by atomic mass is 16.4. The van der Waals surface area contributed by atoms with Gasteiger partial charge in [-0.05, 0) is 25.1 Å². The predicted octanol–water partition coefficient (Wildman–Crippen LogP) is 2.10. The highest BCUT2D eigenvalue weighted by Gasteiger charge is 2.19. The van der Waals surface area contributed by atoms with E-state index in [-0.39, 0.29) is 17.5 Å². The molecule has 6 nitrogen and oxygen atoms in total. The van der Waals surface area contributed by atoms with E-state index in [9.17, 15) is 9.59 Å². The first-order chi connectivity index (χ1) is 10.0. The lowest BCUT2D eigenvalue weighted by Gasteiger charge is -2.12. The molecule has 6 heteroatoms. The van der Waals surface area contributed by atoms with Gasteiger partial charge < -0.3 is 9.40 Å². The van der Waals surface area contributed by atoms with Crippen LogP contribution in [0.5, 0.6) is 0 Å². The van der Waals surface area contributed by atoms with Crippen LogP contribution in [0.4, 0.5) is 6.01 Å². The molecular weight excluding hydrogens is 270 g/mol. The van der Waals surface area contributed by atoms with Crippen molar-refractivity contribution >= 4 is 23.0 Å². The van der Waals surface area contributed by atoms with Gasteiger partial charge in [0.25, 0.3) is 5.91 Å². The fourth-order valence-corrected chi connectivity index (χ4v) is 2.09. The molecular formula is C15H13N3O3. The second-order valence-electron chi connectivity index (χ2n) is 4.74. The first-order valence-electron chi connectivity index (χ1n) is 6.39. The molecule has 0 atom stereocenters. The summed E-state index contributed by atoms with van der Waals surface area (Å²) in [5, 5.41) is 0. The number of amides is 1. The number of carbonyl (C=O) groups is 1. The maximum atomic E-state index is 12.4. The molecule has 0 saturated heterocycles. The van der Waals surface area contributed by atoms with Crippen LogP contribution in [-0.2, 0) is 0 Å². The van der Waals surface area contributed by atoms with E-state index in [0.29, 0.717) is 22.4 Å². The summed E-state index contributed by atoms with van der Waals surface area (Å²) in [7, 11) is 1.56. The Hall–Kier alpha value is -2.89. The Morgan fingerprint density at radius 2 is 2.05 bits per heavy atom. The van der Waals surface area contributed by atoms with Crippen molar-refractivity contribution in [2.24, 2.45) is 0 Å². The molecule has 0 unspecified atom stereocenters. The number of rotatable bonds is 2. The van der Waals surface area contributed by atoms with Gasteiger partial charge in [0, 0.05) is 24.4 Å². The minimum atomic E-state index is -0.351. The first-order valence-corrected chi connectivity index (χ1v) is 6.39. The zero-order chi connectivity index (χ0) is 15.0. The normalized spacial score (nSPS) is 10.8. The van der Waals surface area contributed by atoms with Gasteiger partial charge in [-0.2, -0.15) is 4.98 Å². The van der Waals surface area contributed by atoms with Crippen LogP contribution in [0.15, 0.2) is 45.6 Å². The van der Waals surface area contributed by atoms with Crippen LogP contribution in [0.2, 0.25) is 0 Å². The van der Waals surface area contributed by atoms with Gasteiger partial charge >= 0.3 is 6.01 Å². The molecule has 21 heavy (non-hydrogen) atoms. The van der Waals surface area contributed by atoms with Gasteiger partial charge in [-0.1, -0.05) is 12.1 Å². The van der Waals surface area contributed by atoms with Gasteiger partial charge in [0.15, 0.2) is 5.58 Å². The third kappa shape index (κ3) is 2.43.